The van der Waals surface area contributed by atoms with Crippen molar-refractivity contribution in [3.05, 3.63) is 24.3 Å². The Morgan fingerprint density at radius 3 is 2.67 bits per heavy atom. The van der Waals surface area contributed by atoms with E-state index in [0.29, 0.717) is 12.2 Å². The zero-order chi connectivity index (χ0) is 15.3. The number of hydrogen-bond acceptors (Lipinski definition) is 3. The zero-order valence-electron chi connectivity index (χ0n) is 11.8. The fourth-order valence-electron chi connectivity index (χ4n) is 2.77. The van der Waals surface area contributed by atoms with Crippen molar-refractivity contribution in [1.29, 1.82) is 0 Å². The molecule has 0 radical (unpaired) electrons. The molecule has 1 amide bonds. The van der Waals surface area contributed by atoms with Gasteiger partial charge in [0, 0.05) is 18.3 Å². The Hall–Kier alpha value is -1.69. The third-order valence-corrected chi connectivity index (χ3v) is 4.00. The van der Waals surface area contributed by atoms with Gasteiger partial charge in [-0.2, -0.15) is 8.78 Å². The van der Waals surface area contributed by atoms with Gasteiger partial charge in [-0.25, -0.2) is 0 Å². The summed E-state index contributed by atoms with van der Waals surface area (Å²) in [4.78, 5) is 12.5. The first kappa shape index (κ1) is 15.7. The standard InChI is InChI=1S/C15H20F2N2O2/c16-14(17)21-12-6-4-5-11(9-12)19-13(20)15(10-18)7-2-1-3-8-15/h4-6,9,14H,1-3,7-8,10,18H2,(H,19,20). The number of hydrogen-bond donors (Lipinski definition) is 2. The van der Waals surface area contributed by atoms with Crippen LogP contribution in [0, 0.1) is 5.41 Å². The minimum atomic E-state index is -2.88. The van der Waals surface area contributed by atoms with Crippen molar-refractivity contribution < 1.29 is 18.3 Å². The fourth-order valence-corrected chi connectivity index (χ4v) is 2.77. The monoisotopic (exact) mass is 298 g/mol. The number of rotatable bonds is 5. The zero-order valence-corrected chi connectivity index (χ0v) is 11.8. The van der Waals surface area contributed by atoms with Gasteiger partial charge < -0.3 is 15.8 Å². The molecule has 0 heterocycles. The molecule has 0 saturated heterocycles. The first-order valence-electron chi connectivity index (χ1n) is 7.12. The molecule has 3 N–H and O–H groups in total. The van der Waals surface area contributed by atoms with Crippen LogP contribution in [0.2, 0.25) is 0 Å². The molecule has 4 nitrogen and oxygen atoms in total. The SMILES string of the molecule is NCC1(C(=O)Nc2cccc(OC(F)F)c2)CCCCC1. The van der Waals surface area contributed by atoms with Gasteiger partial charge in [0.2, 0.25) is 5.91 Å². The van der Waals surface area contributed by atoms with E-state index in [4.69, 9.17) is 5.73 Å². The van der Waals surface area contributed by atoms with E-state index in [9.17, 15) is 13.6 Å². The lowest BCUT2D eigenvalue weighted by molar-refractivity contribution is -0.126. The van der Waals surface area contributed by atoms with Crippen molar-refractivity contribution in [2.75, 3.05) is 11.9 Å². The molecule has 1 fully saturated rings. The first-order chi connectivity index (χ1) is 10.1. The first-order valence-corrected chi connectivity index (χ1v) is 7.12. The molecule has 0 bridgehead atoms. The lowest BCUT2D eigenvalue weighted by Crippen LogP contribution is -2.43. The summed E-state index contributed by atoms with van der Waals surface area (Å²) in [6.45, 7) is -2.59. The molecule has 1 aliphatic carbocycles. The summed E-state index contributed by atoms with van der Waals surface area (Å²) >= 11 is 0. The van der Waals surface area contributed by atoms with Gasteiger partial charge in [0.25, 0.3) is 0 Å². The third-order valence-electron chi connectivity index (χ3n) is 4.00. The predicted molar refractivity (Wildman–Crippen MR) is 76.3 cm³/mol. The van der Waals surface area contributed by atoms with Crippen molar-refractivity contribution in [2.45, 2.75) is 38.7 Å². The average molecular weight is 298 g/mol. The summed E-state index contributed by atoms with van der Waals surface area (Å²) in [7, 11) is 0. The van der Waals surface area contributed by atoms with E-state index in [1.165, 1.54) is 12.1 Å². The topological polar surface area (TPSA) is 64.4 Å². The maximum atomic E-state index is 12.5. The van der Waals surface area contributed by atoms with Crippen LogP contribution in [-0.4, -0.2) is 19.1 Å². The minimum Gasteiger partial charge on any atom is -0.435 e. The van der Waals surface area contributed by atoms with Crippen molar-refractivity contribution in [3.8, 4) is 5.75 Å². The second-order valence-electron chi connectivity index (χ2n) is 5.41. The van der Waals surface area contributed by atoms with E-state index in [-0.39, 0.29) is 11.7 Å². The van der Waals surface area contributed by atoms with Crippen LogP contribution in [0.3, 0.4) is 0 Å². The number of halogens is 2. The minimum absolute atomic E-state index is 0.0215. The molecule has 21 heavy (non-hydrogen) atoms. The van der Waals surface area contributed by atoms with E-state index in [0.717, 1.165) is 32.1 Å². The molecule has 0 aliphatic heterocycles. The Bertz CT molecular complexity index is 488. The molecule has 1 saturated carbocycles. The Balaban J connectivity index is 2.07. The Morgan fingerprint density at radius 2 is 2.05 bits per heavy atom. The highest BCUT2D eigenvalue weighted by Crippen LogP contribution is 2.36. The van der Waals surface area contributed by atoms with Crippen LogP contribution in [0.5, 0.6) is 5.75 Å². The van der Waals surface area contributed by atoms with Crippen molar-refractivity contribution in [1.82, 2.24) is 0 Å². The molecule has 0 unspecified atom stereocenters. The van der Waals surface area contributed by atoms with Crippen LogP contribution in [0.15, 0.2) is 24.3 Å². The molecular formula is C15H20F2N2O2. The van der Waals surface area contributed by atoms with Gasteiger partial charge in [-0.3, -0.25) is 4.79 Å². The van der Waals surface area contributed by atoms with Gasteiger partial charge in [-0.1, -0.05) is 25.3 Å². The van der Waals surface area contributed by atoms with Gasteiger partial charge in [-0.05, 0) is 25.0 Å². The number of carbonyl (C=O) groups excluding carboxylic acids is 1. The molecule has 0 aromatic heterocycles. The summed E-state index contributed by atoms with van der Waals surface area (Å²) in [6, 6.07) is 6.00. The molecule has 2 rings (SSSR count). The van der Waals surface area contributed by atoms with Gasteiger partial charge in [-0.15, -0.1) is 0 Å². The lowest BCUT2D eigenvalue weighted by Gasteiger charge is -2.34. The van der Waals surface area contributed by atoms with Gasteiger partial charge >= 0.3 is 6.61 Å². The van der Waals surface area contributed by atoms with E-state index < -0.39 is 12.0 Å². The van der Waals surface area contributed by atoms with Crippen LogP contribution in [0.25, 0.3) is 0 Å². The van der Waals surface area contributed by atoms with Crippen molar-refractivity contribution in [2.24, 2.45) is 11.1 Å². The van der Waals surface area contributed by atoms with Crippen LogP contribution in [0.4, 0.5) is 14.5 Å². The number of nitrogens with one attached hydrogen (secondary N) is 1. The molecule has 0 spiro atoms. The number of ether oxygens (including phenoxy) is 1. The fraction of sp³-hybridized carbons (Fsp3) is 0.533. The Labute approximate surface area is 122 Å². The van der Waals surface area contributed by atoms with Gasteiger partial charge in [0.05, 0.1) is 5.41 Å². The summed E-state index contributed by atoms with van der Waals surface area (Å²) in [5.74, 6) is -0.118. The molecule has 6 heteroatoms. The quantitative estimate of drug-likeness (QED) is 0.877. The van der Waals surface area contributed by atoms with E-state index >= 15 is 0 Å². The lowest BCUT2D eigenvalue weighted by atomic mass is 9.73. The molecular weight excluding hydrogens is 278 g/mol. The van der Waals surface area contributed by atoms with Crippen molar-refractivity contribution >= 4 is 11.6 Å². The summed E-state index contributed by atoms with van der Waals surface area (Å²) in [5, 5.41) is 2.77. The normalized spacial score (nSPS) is 17.5. The second kappa shape index (κ2) is 6.85. The molecule has 0 atom stereocenters. The smallest absolute Gasteiger partial charge is 0.387 e. The van der Waals surface area contributed by atoms with E-state index in [2.05, 4.69) is 10.1 Å². The van der Waals surface area contributed by atoms with E-state index in [1.807, 2.05) is 0 Å². The number of anilines is 1. The number of nitrogens with two attached hydrogens (primary N) is 1. The molecule has 1 aromatic rings. The van der Waals surface area contributed by atoms with Crippen molar-refractivity contribution in [3.63, 3.8) is 0 Å². The highest BCUT2D eigenvalue weighted by Gasteiger charge is 2.38. The summed E-state index contributed by atoms with van der Waals surface area (Å²) in [5.41, 5.74) is 5.70. The number of carbonyl (C=O) groups is 1. The second-order valence-corrected chi connectivity index (χ2v) is 5.41. The van der Waals surface area contributed by atoms with Gasteiger partial charge in [0.1, 0.15) is 5.75 Å². The number of benzene rings is 1. The highest BCUT2D eigenvalue weighted by molar-refractivity contribution is 5.95. The number of alkyl halides is 2. The van der Waals surface area contributed by atoms with E-state index in [1.54, 1.807) is 12.1 Å². The number of amides is 1. The largest absolute Gasteiger partial charge is 0.435 e. The molecule has 1 aliphatic rings. The van der Waals surface area contributed by atoms with Crippen LogP contribution in [-0.2, 0) is 4.79 Å². The Morgan fingerprint density at radius 1 is 1.33 bits per heavy atom. The van der Waals surface area contributed by atoms with Crippen LogP contribution >= 0.6 is 0 Å². The van der Waals surface area contributed by atoms with Gasteiger partial charge in [0.15, 0.2) is 0 Å². The van der Waals surface area contributed by atoms with Crippen LogP contribution in [0.1, 0.15) is 32.1 Å². The summed E-state index contributed by atoms with van der Waals surface area (Å²) < 4.78 is 28.7. The highest BCUT2D eigenvalue weighted by atomic mass is 19.3. The average Bonchev–Trinajstić information content (AvgIpc) is 2.47. The molecule has 116 valence electrons. The predicted octanol–water partition coefficient (Wildman–Crippen LogP) is 3.14. The Kier molecular flexibility index (Phi) is 5.12. The maximum Gasteiger partial charge on any atom is 0.387 e. The third kappa shape index (κ3) is 3.91. The maximum absolute atomic E-state index is 12.5. The molecule has 1 aromatic carbocycles. The van der Waals surface area contributed by atoms with Crippen LogP contribution < -0.4 is 15.8 Å². The summed E-state index contributed by atoms with van der Waals surface area (Å²) in [6.07, 6.45) is 4.62.